The van der Waals surface area contributed by atoms with E-state index in [0.29, 0.717) is 5.75 Å². The normalized spacial score (nSPS) is 12.7. The molecule has 0 aromatic heterocycles. The van der Waals surface area contributed by atoms with Crippen molar-refractivity contribution in [3.63, 3.8) is 0 Å². The van der Waals surface area contributed by atoms with E-state index >= 15 is 0 Å². The van der Waals surface area contributed by atoms with Gasteiger partial charge in [0, 0.05) is 5.56 Å². The first-order valence-electron chi connectivity index (χ1n) is 8.20. The Hall–Kier alpha value is -2.09. The number of carbonyl (C=O) groups is 1. The van der Waals surface area contributed by atoms with Crippen molar-refractivity contribution in [2.45, 2.75) is 52.4 Å². The van der Waals surface area contributed by atoms with Crippen molar-refractivity contribution >= 4 is 5.97 Å². The highest BCUT2D eigenvalue weighted by molar-refractivity contribution is 5.80. The Morgan fingerprint density at radius 2 is 1.65 bits per heavy atom. The molecule has 2 aromatic carbocycles. The van der Waals surface area contributed by atoms with Crippen LogP contribution in [0.1, 0.15) is 56.7 Å². The Morgan fingerprint density at radius 3 is 2.22 bits per heavy atom. The minimum Gasteiger partial charge on any atom is -0.426 e. The molecule has 0 amide bonds. The smallest absolute Gasteiger partial charge is 0.318 e. The molecule has 0 saturated heterocycles. The molecule has 0 saturated carbocycles. The van der Waals surface area contributed by atoms with Gasteiger partial charge in [-0.2, -0.15) is 0 Å². The molecule has 0 spiro atoms. The van der Waals surface area contributed by atoms with Crippen LogP contribution in [-0.2, 0) is 10.2 Å². The molecule has 0 bridgehead atoms. The predicted octanol–water partition coefficient (Wildman–Crippen LogP) is 5.39. The number of benzene rings is 2. The fraction of sp³-hybridized carbons (Fsp3) is 0.381. The number of carbonyl (C=O) groups excluding carboxylic acids is 1. The highest BCUT2D eigenvalue weighted by Gasteiger charge is 2.24. The molecule has 2 rings (SSSR count). The summed E-state index contributed by atoms with van der Waals surface area (Å²) < 4.78 is 5.77. The van der Waals surface area contributed by atoms with E-state index in [9.17, 15) is 4.79 Å². The van der Waals surface area contributed by atoms with Crippen molar-refractivity contribution in [2.24, 2.45) is 0 Å². The van der Waals surface area contributed by atoms with Gasteiger partial charge in [-0.15, -0.1) is 0 Å². The summed E-state index contributed by atoms with van der Waals surface area (Å²) in [6.45, 7) is 10.4. The maximum atomic E-state index is 12.7. The lowest BCUT2D eigenvalue weighted by atomic mass is 9.86. The molecule has 1 atom stereocenters. The van der Waals surface area contributed by atoms with Crippen LogP contribution < -0.4 is 4.74 Å². The van der Waals surface area contributed by atoms with Crippen LogP contribution in [0.15, 0.2) is 48.5 Å². The van der Waals surface area contributed by atoms with Gasteiger partial charge in [0.05, 0.1) is 5.92 Å². The van der Waals surface area contributed by atoms with E-state index < -0.39 is 0 Å². The molecule has 23 heavy (non-hydrogen) atoms. The minimum absolute atomic E-state index is 0.0670. The molecule has 0 unspecified atom stereocenters. The number of aryl methyl sites for hydroxylation is 1. The first-order chi connectivity index (χ1) is 10.8. The van der Waals surface area contributed by atoms with Crippen molar-refractivity contribution in [1.29, 1.82) is 0 Å². The summed E-state index contributed by atoms with van der Waals surface area (Å²) in [6, 6.07) is 15.9. The number of hydrogen-bond donors (Lipinski definition) is 0. The number of ether oxygens (including phenoxy) is 1. The lowest BCUT2D eigenvalue weighted by Crippen LogP contribution is -2.21. The van der Waals surface area contributed by atoms with E-state index in [1.54, 1.807) is 0 Å². The Morgan fingerprint density at radius 1 is 1.04 bits per heavy atom. The number of esters is 1. The molecule has 2 aromatic rings. The Kier molecular flexibility index (Phi) is 5.25. The zero-order valence-corrected chi connectivity index (χ0v) is 14.7. The average molecular weight is 310 g/mol. The molecule has 2 heteroatoms. The van der Waals surface area contributed by atoms with Crippen LogP contribution in [0, 0.1) is 6.92 Å². The van der Waals surface area contributed by atoms with Gasteiger partial charge < -0.3 is 4.74 Å². The zero-order chi connectivity index (χ0) is 17.0. The summed E-state index contributed by atoms with van der Waals surface area (Å²) in [7, 11) is 0. The lowest BCUT2D eigenvalue weighted by Gasteiger charge is -2.23. The highest BCUT2D eigenvalue weighted by Crippen LogP contribution is 2.32. The molecular weight excluding hydrogens is 284 g/mol. The van der Waals surface area contributed by atoms with Crippen LogP contribution in [0.4, 0.5) is 0 Å². The molecular formula is C21H26O2. The fourth-order valence-electron chi connectivity index (χ4n) is 2.69. The second-order valence-electron chi connectivity index (χ2n) is 7.04. The van der Waals surface area contributed by atoms with Gasteiger partial charge in [-0.25, -0.2) is 0 Å². The van der Waals surface area contributed by atoms with Crippen LogP contribution in [-0.4, -0.2) is 5.97 Å². The number of para-hydroxylation sites is 1. The average Bonchev–Trinajstić information content (AvgIpc) is 2.49. The number of rotatable bonds is 4. The zero-order valence-electron chi connectivity index (χ0n) is 14.7. The predicted molar refractivity (Wildman–Crippen MR) is 95.0 cm³/mol. The summed E-state index contributed by atoms with van der Waals surface area (Å²) in [6.07, 6.45) is 0.722. The van der Waals surface area contributed by atoms with E-state index in [-0.39, 0.29) is 17.3 Å². The maximum Gasteiger partial charge on any atom is 0.318 e. The van der Waals surface area contributed by atoms with Gasteiger partial charge >= 0.3 is 5.97 Å². The summed E-state index contributed by atoms with van der Waals surface area (Å²) in [5, 5.41) is 0. The largest absolute Gasteiger partial charge is 0.426 e. The second-order valence-corrected chi connectivity index (χ2v) is 7.04. The standard InChI is InChI=1S/C21H26O2/c1-6-17(16-13-11-15(2)12-14-16)20(22)23-19-10-8-7-9-18(19)21(3,4)5/h7-14,17H,6H2,1-5H3/t17-/m1/s1. The van der Waals surface area contributed by atoms with Crippen LogP contribution in [0.5, 0.6) is 5.75 Å². The van der Waals surface area contributed by atoms with Crippen LogP contribution >= 0.6 is 0 Å². The van der Waals surface area contributed by atoms with E-state index in [1.807, 2.05) is 62.4 Å². The monoisotopic (exact) mass is 310 g/mol. The van der Waals surface area contributed by atoms with Gasteiger partial charge in [0.25, 0.3) is 0 Å². The Bertz CT molecular complexity index is 663. The molecule has 0 fully saturated rings. The third-order valence-corrected chi connectivity index (χ3v) is 4.08. The molecule has 0 aliphatic heterocycles. The minimum atomic E-state index is -0.233. The summed E-state index contributed by atoms with van der Waals surface area (Å²) in [4.78, 5) is 12.7. The molecule has 0 N–H and O–H groups in total. The number of hydrogen-bond acceptors (Lipinski definition) is 2. The maximum absolute atomic E-state index is 12.7. The van der Waals surface area contributed by atoms with Crippen LogP contribution in [0.3, 0.4) is 0 Å². The summed E-state index contributed by atoms with van der Waals surface area (Å²) in [5.41, 5.74) is 3.18. The van der Waals surface area contributed by atoms with E-state index in [1.165, 1.54) is 5.56 Å². The first-order valence-corrected chi connectivity index (χ1v) is 8.20. The van der Waals surface area contributed by atoms with Gasteiger partial charge in [0.1, 0.15) is 5.75 Å². The Balaban J connectivity index is 2.26. The van der Waals surface area contributed by atoms with Crippen LogP contribution in [0.2, 0.25) is 0 Å². The first kappa shape index (κ1) is 17.3. The van der Waals surface area contributed by atoms with E-state index in [2.05, 4.69) is 20.8 Å². The quantitative estimate of drug-likeness (QED) is 0.559. The van der Waals surface area contributed by atoms with Crippen molar-refractivity contribution in [1.82, 2.24) is 0 Å². The van der Waals surface area contributed by atoms with E-state index in [4.69, 9.17) is 4.74 Å². The van der Waals surface area contributed by atoms with Gasteiger partial charge in [0.15, 0.2) is 0 Å². The van der Waals surface area contributed by atoms with Crippen molar-refractivity contribution in [3.8, 4) is 5.75 Å². The second kappa shape index (κ2) is 6.99. The molecule has 122 valence electrons. The molecule has 2 nitrogen and oxygen atoms in total. The van der Waals surface area contributed by atoms with Crippen molar-refractivity contribution in [2.75, 3.05) is 0 Å². The topological polar surface area (TPSA) is 26.3 Å². The summed E-state index contributed by atoms with van der Waals surface area (Å²) >= 11 is 0. The Labute approximate surface area is 139 Å². The molecule has 0 aliphatic rings. The molecule has 0 heterocycles. The van der Waals surface area contributed by atoms with Gasteiger partial charge in [-0.05, 0) is 30.4 Å². The lowest BCUT2D eigenvalue weighted by molar-refractivity contribution is -0.136. The van der Waals surface area contributed by atoms with Crippen molar-refractivity contribution < 1.29 is 9.53 Å². The van der Waals surface area contributed by atoms with Crippen molar-refractivity contribution in [3.05, 3.63) is 65.2 Å². The third kappa shape index (κ3) is 4.22. The molecule has 0 aliphatic carbocycles. The van der Waals surface area contributed by atoms with E-state index in [0.717, 1.165) is 17.5 Å². The van der Waals surface area contributed by atoms with Crippen LogP contribution in [0.25, 0.3) is 0 Å². The van der Waals surface area contributed by atoms with Gasteiger partial charge in [-0.3, -0.25) is 4.79 Å². The summed E-state index contributed by atoms with van der Waals surface area (Å²) in [5.74, 6) is 0.243. The SMILES string of the molecule is CC[C@@H](C(=O)Oc1ccccc1C(C)(C)C)c1ccc(C)cc1. The van der Waals surface area contributed by atoms with Gasteiger partial charge in [0.2, 0.25) is 0 Å². The van der Waals surface area contributed by atoms with Gasteiger partial charge in [-0.1, -0.05) is 75.7 Å². The third-order valence-electron chi connectivity index (χ3n) is 4.08. The highest BCUT2D eigenvalue weighted by atomic mass is 16.5. The molecule has 0 radical (unpaired) electrons. The fourth-order valence-corrected chi connectivity index (χ4v) is 2.69.